The summed E-state index contributed by atoms with van der Waals surface area (Å²) in [5.74, 6) is -0.122. The number of hydrogen-bond acceptors (Lipinski definition) is 4. The highest BCUT2D eigenvalue weighted by molar-refractivity contribution is 7.17. The molecule has 0 amide bonds. The van der Waals surface area contributed by atoms with Crippen LogP contribution in [0.1, 0.15) is 35.5 Å². The predicted molar refractivity (Wildman–Crippen MR) is 104 cm³/mol. The molecule has 1 aliphatic carbocycles. The van der Waals surface area contributed by atoms with Crippen LogP contribution in [0.15, 0.2) is 35.1 Å². The van der Waals surface area contributed by atoms with E-state index in [0.29, 0.717) is 23.7 Å². The molecule has 0 bridgehead atoms. The third kappa shape index (κ3) is 3.36. The Bertz CT molecular complexity index is 1030. The van der Waals surface area contributed by atoms with Crippen molar-refractivity contribution in [1.82, 2.24) is 9.38 Å². The highest BCUT2D eigenvalue weighted by Crippen LogP contribution is 2.49. The fourth-order valence-corrected chi connectivity index (χ4v) is 4.70. The first-order chi connectivity index (χ1) is 13.0. The quantitative estimate of drug-likeness (QED) is 0.631. The van der Waals surface area contributed by atoms with Crippen molar-refractivity contribution in [1.29, 1.82) is 0 Å². The zero-order valence-electron chi connectivity index (χ0n) is 15.3. The standard InChI is InChI=1S/C20H21F2N3OS/c1-3-24(16-6-4-14(22)5-7-16)11-15-9-18(26)25-19(17-8-13(17)10-21)12(2)27-20(25)23-15/h4-7,9,13,17H,3,8,10-11H2,1-2H3. The number of benzene rings is 1. The lowest BCUT2D eigenvalue weighted by atomic mass is 10.2. The van der Waals surface area contributed by atoms with Gasteiger partial charge >= 0.3 is 0 Å². The zero-order valence-corrected chi connectivity index (χ0v) is 16.1. The van der Waals surface area contributed by atoms with Gasteiger partial charge in [0.15, 0.2) is 4.96 Å². The second kappa shape index (κ2) is 7.03. The largest absolute Gasteiger partial charge is 0.366 e. The van der Waals surface area contributed by atoms with Crippen LogP contribution in [0.4, 0.5) is 14.5 Å². The summed E-state index contributed by atoms with van der Waals surface area (Å²) < 4.78 is 27.8. The summed E-state index contributed by atoms with van der Waals surface area (Å²) in [7, 11) is 0. The second-order valence-electron chi connectivity index (χ2n) is 6.99. The maximum atomic E-state index is 13.2. The smallest absolute Gasteiger partial charge is 0.259 e. The van der Waals surface area contributed by atoms with Crippen molar-refractivity contribution in [3.63, 3.8) is 0 Å². The number of aromatic nitrogens is 2. The summed E-state index contributed by atoms with van der Waals surface area (Å²) in [6.45, 7) is 4.81. The first-order valence-electron chi connectivity index (χ1n) is 9.10. The molecule has 7 heteroatoms. The maximum absolute atomic E-state index is 13.2. The van der Waals surface area contributed by atoms with E-state index in [9.17, 15) is 13.6 Å². The van der Waals surface area contributed by atoms with E-state index in [1.165, 1.54) is 23.5 Å². The molecule has 0 N–H and O–H groups in total. The number of anilines is 1. The molecule has 1 aromatic carbocycles. The van der Waals surface area contributed by atoms with Crippen molar-refractivity contribution in [2.24, 2.45) is 5.92 Å². The molecule has 1 fully saturated rings. The van der Waals surface area contributed by atoms with Crippen LogP contribution < -0.4 is 10.5 Å². The monoisotopic (exact) mass is 389 g/mol. The Labute approximate surface area is 160 Å². The molecule has 142 valence electrons. The van der Waals surface area contributed by atoms with Gasteiger partial charge in [0.05, 0.1) is 18.9 Å². The molecule has 1 aliphatic rings. The van der Waals surface area contributed by atoms with Gasteiger partial charge in [-0.25, -0.2) is 9.37 Å². The summed E-state index contributed by atoms with van der Waals surface area (Å²) in [5.41, 5.74) is 2.37. The van der Waals surface area contributed by atoms with E-state index < -0.39 is 0 Å². The van der Waals surface area contributed by atoms with Crippen LogP contribution in [-0.2, 0) is 6.54 Å². The lowest BCUT2D eigenvalue weighted by molar-refractivity contribution is 0.451. The van der Waals surface area contributed by atoms with Crippen LogP contribution in [0, 0.1) is 18.7 Å². The van der Waals surface area contributed by atoms with Crippen LogP contribution >= 0.6 is 11.3 Å². The number of thiazole rings is 1. The highest BCUT2D eigenvalue weighted by atomic mass is 32.1. The molecule has 3 aromatic rings. The van der Waals surface area contributed by atoms with Gasteiger partial charge in [-0.2, -0.15) is 0 Å². The Hall–Kier alpha value is -2.28. The van der Waals surface area contributed by atoms with Gasteiger partial charge in [0.1, 0.15) is 5.82 Å². The molecule has 2 heterocycles. The van der Waals surface area contributed by atoms with Crippen molar-refractivity contribution in [3.8, 4) is 0 Å². The van der Waals surface area contributed by atoms with Gasteiger partial charge in [-0.05, 0) is 50.5 Å². The normalized spacial score (nSPS) is 18.8. The number of fused-ring (bicyclic) bond motifs is 1. The van der Waals surface area contributed by atoms with Gasteiger partial charge in [-0.15, -0.1) is 11.3 Å². The van der Waals surface area contributed by atoms with Gasteiger partial charge in [0.2, 0.25) is 0 Å². The Morgan fingerprint density at radius 2 is 2.07 bits per heavy atom. The van der Waals surface area contributed by atoms with Gasteiger partial charge in [-0.1, -0.05) is 0 Å². The fourth-order valence-electron chi connectivity index (χ4n) is 3.64. The molecule has 0 saturated heterocycles. The molecule has 4 rings (SSSR count). The molecule has 2 unspecified atom stereocenters. The Morgan fingerprint density at radius 3 is 2.70 bits per heavy atom. The first-order valence-corrected chi connectivity index (χ1v) is 9.92. The zero-order chi connectivity index (χ0) is 19.1. The Balaban J connectivity index is 1.67. The molecule has 27 heavy (non-hydrogen) atoms. The van der Waals surface area contributed by atoms with Gasteiger partial charge in [0, 0.05) is 34.8 Å². The first kappa shape index (κ1) is 18.1. The second-order valence-corrected chi connectivity index (χ2v) is 8.18. The number of hydrogen-bond donors (Lipinski definition) is 0. The van der Waals surface area contributed by atoms with Crippen molar-refractivity contribution in [3.05, 3.63) is 62.8 Å². The average molecular weight is 389 g/mol. The molecule has 4 nitrogen and oxygen atoms in total. The van der Waals surface area contributed by atoms with E-state index in [4.69, 9.17) is 0 Å². The molecule has 2 aromatic heterocycles. The van der Waals surface area contributed by atoms with E-state index in [2.05, 4.69) is 4.98 Å². The van der Waals surface area contributed by atoms with E-state index >= 15 is 0 Å². The lowest BCUT2D eigenvalue weighted by Gasteiger charge is -2.22. The van der Waals surface area contributed by atoms with Crippen LogP contribution in [0.5, 0.6) is 0 Å². The number of aryl methyl sites for hydroxylation is 1. The number of nitrogens with zero attached hydrogens (tertiary/aromatic N) is 3. The predicted octanol–water partition coefficient (Wildman–Crippen LogP) is 4.30. The van der Waals surface area contributed by atoms with Gasteiger partial charge in [0.25, 0.3) is 5.56 Å². The summed E-state index contributed by atoms with van der Waals surface area (Å²) in [6, 6.07) is 7.86. The van der Waals surface area contributed by atoms with E-state index in [0.717, 1.165) is 22.7 Å². The Morgan fingerprint density at radius 1 is 1.33 bits per heavy atom. The van der Waals surface area contributed by atoms with Crippen LogP contribution in [-0.4, -0.2) is 22.6 Å². The number of halogens is 2. The molecule has 1 saturated carbocycles. The molecule has 2 atom stereocenters. The van der Waals surface area contributed by atoms with Crippen molar-refractivity contribution in [2.75, 3.05) is 18.1 Å². The third-order valence-electron chi connectivity index (χ3n) is 5.19. The van der Waals surface area contributed by atoms with Crippen LogP contribution in [0.2, 0.25) is 0 Å². The topological polar surface area (TPSA) is 37.6 Å². The average Bonchev–Trinajstić information content (AvgIpc) is 3.35. The summed E-state index contributed by atoms with van der Waals surface area (Å²) in [6.07, 6.45) is 0.797. The SMILES string of the molecule is CCN(Cc1cc(=O)n2c(C3CC3CF)c(C)sc2n1)c1ccc(F)cc1. The molecule has 0 spiro atoms. The van der Waals surface area contributed by atoms with Crippen molar-refractivity contribution >= 4 is 22.0 Å². The van der Waals surface area contributed by atoms with Crippen LogP contribution in [0.3, 0.4) is 0 Å². The summed E-state index contributed by atoms with van der Waals surface area (Å²) in [4.78, 5) is 21.2. The molecule has 0 aliphatic heterocycles. The maximum Gasteiger partial charge on any atom is 0.259 e. The Kier molecular flexibility index (Phi) is 4.72. The lowest BCUT2D eigenvalue weighted by Crippen LogP contribution is -2.25. The fraction of sp³-hybridized carbons (Fsp3) is 0.400. The minimum atomic E-state index is -0.342. The highest BCUT2D eigenvalue weighted by Gasteiger charge is 2.41. The number of alkyl halides is 1. The molecular weight excluding hydrogens is 368 g/mol. The summed E-state index contributed by atoms with van der Waals surface area (Å²) in [5, 5.41) is 0. The summed E-state index contributed by atoms with van der Waals surface area (Å²) >= 11 is 1.48. The van der Waals surface area contributed by atoms with E-state index in [-0.39, 0.29) is 29.9 Å². The van der Waals surface area contributed by atoms with Crippen molar-refractivity contribution < 1.29 is 8.78 Å². The molecule has 0 radical (unpaired) electrons. The van der Waals surface area contributed by atoms with E-state index in [1.54, 1.807) is 22.6 Å². The third-order valence-corrected chi connectivity index (χ3v) is 6.16. The van der Waals surface area contributed by atoms with Crippen molar-refractivity contribution in [2.45, 2.75) is 32.7 Å². The van der Waals surface area contributed by atoms with Crippen LogP contribution in [0.25, 0.3) is 4.96 Å². The minimum absolute atomic E-state index is 0.0298. The molecular formula is C20H21F2N3OS. The van der Waals surface area contributed by atoms with Gasteiger partial charge in [-0.3, -0.25) is 13.6 Å². The minimum Gasteiger partial charge on any atom is -0.366 e. The van der Waals surface area contributed by atoms with E-state index in [1.807, 2.05) is 18.7 Å². The number of rotatable bonds is 6. The van der Waals surface area contributed by atoms with Gasteiger partial charge < -0.3 is 4.90 Å².